The highest BCUT2D eigenvalue weighted by Crippen LogP contribution is 2.33. The number of halogens is 3. The summed E-state index contributed by atoms with van der Waals surface area (Å²) < 4.78 is 40.0. The van der Waals surface area contributed by atoms with E-state index in [1.165, 1.54) is 24.3 Å². The summed E-state index contributed by atoms with van der Waals surface area (Å²) >= 11 is 0. The van der Waals surface area contributed by atoms with Crippen LogP contribution in [0.4, 0.5) is 13.2 Å². The smallest absolute Gasteiger partial charge is 0.479 e. The Morgan fingerprint density at radius 2 is 1.75 bits per heavy atom. The van der Waals surface area contributed by atoms with Gasteiger partial charge in [-0.3, -0.25) is 4.74 Å². The van der Waals surface area contributed by atoms with E-state index in [1.54, 1.807) is 6.07 Å². The highest BCUT2D eigenvalue weighted by Gasteiger charge is 2.47. The molecule has 0 amide bonds. The summed E-state index contributed by atoms with van der Waals surface area (Å²) in [6, 6.07) is 6.98. The standard InChI is InChI=1S/C10H9F3O3/c1-9(8(14)15,16-10(11,12)13)7-5-3-2-4-6-7/h2-6H,1H3,(H,14,15). The molecular weight excluding hydrogens is 225 g/mol. The number of carbonyl (C=O) groups is 1. The van der Waals surface area contributed by atoms with Gasteiger partial charge in [-0.1, -0.05) is 30.3 Å². The summed E-state index contributed by atoms with van der Waals surface area (Å²) in [6.45, 7) is 0.859. The Balaban J connectivity index is 3.13. The molecule has 0 aliphatic rings. The second-order valence-corrected chi connectivity index (χ2v) is 3.25. The van der Waals surface area contributed by atoms with Crippen LogP contribution in [-0.2, 0) is 15.1 Å². The zero-order chi connectivity index (χ0) is 12.4. The zero-order valence-corrected chi connectivity index (χ0v) is 8.28. The van der Waals surface area contributed by atoms with Crippen LogP contribution in [0, 0.1) is 0 Å². The van der Waals surface area contributed by atoms with Crippen LogP contribution in [0.2, 0.25) is 0 Å². The van der Waals surface area contributed by atoms with Gasteiger partial charge in [0.15, 0.2) is 5.60 Å². The number of carboxylic acids is 1. The van der Waals surface area contributed by atoms with Crippen molar-refractivity contribution in [2.75, 3.05) is 0 Å². The first kappa shape index (κ1) is 12.5. The molecule has 0 bridgehead atoms. The van der Waals surface area contributed by atoms with Crippen LogP contribution in [0.1, 0.15) is 12.5 Å². The van der Waals surface area contributed by atoms with Gasteiger partial charge in [0.2, 0.25) is 0 Å². The molecule has 0 heterocycles. The van der Waals surface area contributed by atoms with Crippen LogP contribution >= 0.6 is 0 Å². The summed E-state index contributed by atoms with van der Waals surface area (Å²) in [5.74, 6) is -1.70. The Morgan fingerprint density at radius 1 is 1.25 bits per heavy atom. The Hall–Kier alpha value is -1.56. The molecule has 1 unspecified atom stereocenters. The lowest BCUT2D eigenvalue weighted by Gasteiger charge is -2.26. The van der Waals surface area contributed by atoms with E-state index in [-0.39, 0.29) is 5.56 Å². The first-order chi connectivity index (χ1) is 7.26. The third kappa shape index (κ3) is 2.73. The van der Waals surface area contributed by atoms with E-state index < -0.39 is 17.9 Å². The number of rotatable bonds is 3. The summed E-state index contributed by atoms with van der Waals surface area (Å²) in [7, 11) is 0. The molecule has 0 aliphatic heterocycles. The third-order valence-electron chi connectivity index (χ3n) is 2.05. The fraction of sp³-hybridized carbons (Fsp3) is 0.300. The normalized spacial score (nSPS) is 15.5. The van der Waals surface area contributed by atoms with E-state index in [4.69, 9.17) is 5.11 Å². The molecule has 0 spiro atoms. The molecule has 0 aromatic heterocycles. The van der Waals surface area contributed by atoms with Crippen molar-refractivity contribution in [3.8, 4) is 0 Å². The van der Waals surface area contributed by atoms with Crippen molar-refractivity contribution in [1.82, 2.24) is 0 Å². The maximum atomic E-state index is 12.1. The lowest BCUT2D eigenvalue weighted by molar-refractivity contribution is -0.362. The average Bonchev–Trinajstić information content (AvgIpc) is 2.16. The fourth-order valence-corrected chi connectivity index (χ4v) is 1.21. The van der Waals surface area contributed by atoms with Gasteiger partial charge < -0.3 is 5.11 Å². The Labute approximate surface area is 89.5 Å². The van der Waals surface area contributed by atoms with Gasteiger partial charge in [-0.2, -0.15) is 0 Å². The highest BCUT2D eigenvalue weighted by atomic mass is 19.4. The minimum Gasteiger partial charge on any atom is -0.479 e. The van der Waals surface area contributed by atoms with Crippen LogP contribution < -0.4 is 0 Å². The molecule has 88 valence electrons. The molecule has 1 rings (SSSR count). The summed E-state index contributed by atoms with van der Waals surface area (Å²) in [5.41, 5.74) is -2.50. The summed E-state index contributed by atoms with van der Waals surface area (Å²) in [4.78, 5) is 10.9. The van der Waals surface area contributed by atoms with Crippen molar-refractivity contribution in [3.05, 3.63) is 35.9 Å². The first-order valence-electron chi connectivity index (χ1n) is 4.31. The molecule has 1 N–H and O–H groups in total. The predicted octanol–water partition coefficient (Wildman–Crippen LogP) is 2.52. The van der Waals surface area contributed by atoms with Crippen molar-refractivity contribution in [2.45, 2.75) is 18.9 Å². The maximum Gasteiger partial charge on any atom is 0.523 e. The monoisotopic (exact) mass is 234 g/mol. The van der Waals surface area contributed by atoms with Crippen LogP contribution in [0.5, 0.6) is 0 Å². The fourth-order valence-electron chi connectivity index (χ4n) is 1.21. The third-order valence-corrected chi connectivity index (χ3v) is 2.05. The minimum atomic E-state index is -5.01. The van der Waals surface area contributed by atoms with Crippen LogP contribution in [0.3, 0.4) is 0 Å². The predicted molar refractivity (Wildman–Crippen MR) is 48.6 cm³/mol. The number of aliphatic carboxylic acids is 1. The number of carboxylic acid groups (broad SMARTS) is 1. The highest BCUT2D eigenvalue weighted by molar-refractivity contribution is 5.78. The van der Waals surface area contributed by atoms with Gasteiger partial charge in [0.1, 0.15) is 0 Å². The molecule has 1 atom stereocenters. The lowest BCUT2D eigenvalue weighted by atomic mass is 9.96. The summed E-state index contributed by atoms with van der Waals surface area (Å²) in [5, 5.41) is 8.82. The van der Waals surface area contributed by atoms with Crippen molar-refractivity contribution >= 4 is 5.97 Å². The topological polar surface area (TPSA) is 46.5 Å². The summed E-state index contributed by atoms with van der Waals surface area (Å²) in [6.07, 6.45) is -5.01. The van der Waals surface area contributed by atoms with Gasteiger partial charge in [0.05, 0.1) is 0 Å². The number of hydrogen-bond donors (Lipinski definition) is 1. The zero-order valence-electron chi connectivity index (χ0n) is 8.28. The average molecular weight is 234 g/mol. The molecule has 1 aromatic rings. The minimum absolute atomic E-state index is 0.0696. The van der Waals surface area contributed by atoms with Crippen molar-refractivity contribution < 1.29 is 27.8 Å². The largest absolute Gasteiger partial charge is 0.523 e. The van der Waals surface area contributed by atoms with E-state index in [1.807, 2.05) is 0 Å². The molecule has 0 saturated heterocycles. The van der Waals surface area contributed by atoms with E-state index in [0.717, 1.165) is 6.92 Å². The maximum absolute atomic E-state index is 12.1. The molecule has 0 saturated carbocycles. The molecule has 6 heteroatoms. The molecule has 16 heavy (non-hydrogen) atoms. The van der Waals surface area contributed by atoms with E-state index >= 15 is 0 Å². The van der Waals surface area contributed by atoms with Crippen LogP contribution in [0.15, 0.2) is 30.3 Å². The van der Waals surface area contributed by atoms with E-state index in [2.05, 4.69) is 4.74 Å². The van der Waals surface area contributed by atoms with Crippen LogP contribution in [0.25, 0.3) is 0 Å². The second kappa shape index (κ2) is 4.13. The molecule has 0 aliphatic carbocycles. The van der Waals surface area contributed by atoms with Gasteiger partial charge in [0, 0.05) is 0 Å². The Morgan fingerprint density at radius 3 is 2.12 bits per heavy atom. The van der Waals surface area contributed by atoms with Crippen molar-refractivity contribution in [1.29, 1.82) is 0 Å². The first-order valence-corrected chi connectivity index (χ1v) is 4.31. The lowest BCUT2D eigenvalue weighted by Crippen LogP contribution is -2.40. The van der Waals surface area contributed by atoms with Crippen molar-refractivity contribution in [3.63, 3.8) is 0 Å². The van der Waals surface area contributed by atoms with E-state index in [0.29, 0.717) is 0 Å². The van der Waals surface area contributed by atoms with Gasteiger partial charge >= 0.3 is 12.3 Å². The molecule has 0 fully saturated rings. The van der Waals surface area contributed by atoms with E-state index in [9.17, 15) is 18.0 Å². The number of alkyl halides is 3. The van der Waals surface area contributed by atoms with Crippen molar-refractivity contribution in [2.24, 2.45) is 0 Å². The molecule has 3 nitrogen and oxygen atoms in total. The Kier molecular flexibility index (Phi) is 3.23. The quantitative estimate of drug-likeness (QED) is 0.874. The molecule has 1 aromatic carbocycles. The molecular formula is C10H9F3O3. The van der Waals surface area contributed by atoms with Gasteiger partial charge in [0.25, 0.3) is 0 Å². The van der Waals surface area contributed by atoms with Gasteiger partial charge in [-0.25, -0.2) is 4.79 Å². The number of hydrogen-bond acceptors (Lipinski definition) is 2. The van der Waals surface area contributed by atoms with Gasteiger partial charge in [-0.15, -0.1) is 13.2 Å². The SMILES string of the molecule is CC(OC(F)(F)F)(C(=O)O)c1ccccc1. The number of benzene rings is 1. The second-order valence-electron chi connectivity index (χ2n) is 3.25. The molecule has 0 radical (unpaired) electrons. The number of ether oxygens (including phenoxy) is 1. The Bertz CT molecular complexity index is 375. The van der Waals surface area contributed by atoms with Crippen LogP contribution in [-0.4, -0.2) is 17.4 Å². The van der Waals surface area contributed by atoms with Gasteiger partial charge in [-0.05, 0) is 12.5 Å².